The van der Waals surface area contributed by atoms with Crippen LogP contribution in [0.3, 0.4) is 0 Å². The van der Waals surface area contributed by atoms with Crippen LogP contribution >= 0.6 is 0 Å². The van der Waals surface area contributed by atoms with Crippen LogP contribution < -0.4 is 0 Å². The van der Waals surface area contributed by atoms with Gasteiger partial charge in [0.15, 0.2) is 11.6 Å². The lowest BCUT2D eigenvalue weighted by molar-refractivity contribution is 1.21. The highest BCUT2D eigenvalue weighted by molar-refractivity contribution is 6.27. The second-order valence-electron chi connectivity index (χ2n) is 14.2. The minimum absolute atomic E-state index is 0.669. The standard InChI is InChI=1S/C50H28N4/c1-3-15-35-31(11-1)33-13-5-7-17-37(33)43-25-29(21-23-41(35)43)49-51-27-45-39-19-9-10-20-40(39)46-28-52-50(54-48(46)47(45)53-49)30-22-24-42-36-16-4-2-12-32(36)34-14-6-8-18-38(34)44(42)26-30/h1-28H. The molecule has 0 bridgehead atoms. The summed E-state index contributed by atoms with van der Waals surface area (Å²) in [5.41, 5.74) is 3.57. The molecule has 248 valence electrons. The van der Waals surface area contributed by atoms with E-state index in [0.717, 1.165) is 43.7 Å². The normalized spacial score (nSPS) is 12.1. The summed E-state index contributed by atoms with van der Waals surface area (Å²) in [6.45, 7) is 0. The number of benzene rings is 10. The molecular weight excluding hydrogens is 657 g/mol. The third kappa shape index (κ3) is 4.13. The first kappa shape index (κ1) is 29.3. The monoisotopic (exact) mass is 684 g/mol. The lowest BCUT2D eigenvalue weighted by Gasteiger charge is -2.13. The zero-order valence-corrected chi connectivity index (χ0v) is 29.0. The highest BCUT2D eigenvalue weighted by Gasteiger charge is 2.17. The zero-order chi connectivity index (χ0) is 35.3. The molecule has 0 spiro atoms. The van der Waals surface area contributed by atoms with Gasteiger partial charge >= 0.3 is 0 Å². The third-order valence-corrected chi connectivity index (χ3v) is 11.3. The van der Waals surface area contributed by atoms with Crippen molar-refractivity contribution in [2.24, 2.45) is 0 Å². The van der Waals surface area contributed by atoms with E-state index in [9.17, 15) is 0 Å². The van der Waals surface area contributed by atoms with Crippen LogP contribution in [0.4, 0.5) is 0 Å². The molecule has 12 rings (SSSR count). The highest BCUT2D eigenvalue weighted by atomic mass is 14.9. The number of aromatic nitrogens is 4. The van der Waals surface area contributed by atoms with Crippen molar-refractivity contribution in [3.8, 4) is 22.8 Å². The molecule has 0 N–H and O–H groups in total. The molecule has 0 unspecified atom stereocenters. The van der Waals surface area contributed by atoms with Gasteiger partial charge in [0, 0.05) is 34.3 Å². The van der Waals surface area contributed by atoms with Gasteiger partial charge in [0.2, 0.25) is 0 Å². The van der Waals surface area contributed by atoms with E-state index in [1.165, 1.54) is 64.6 Å². The first-order valence-electron chi connectivity index (χ1n) is 18.3. The fourth-order valence-corrected chi connectivity index (χ4v) is 8.84. The minimum atomic E-state index is 0.669. The highest BCUT2D eigenvalue weighted by Crippen LogP contribution is 2.40. The van der Waals surface area contributed by atoms with Crippen molar-refractivity contribution in [3.05, 3.63) is 170 Å². The summed E-state index contributed by atoms with van der Waals surface area (Å²) < 4.78 is 0. The van der Waals surface area contributed by atoms with Crippen LogP contribution in [-0.4, -0.2) is 19.9 Å². The topological polar surface area (TPSA) is 51.6 Å². The van der Waals surface area contributed by atoms with E-state index in [-0.39, 0.29) is 0 Å². The maximum Gasteiger partial charge on any atom is 0.159 e. The summed E-state index contributed by atoms with van der Waals surface area (Å²) in [6.07, 6.45) is 3.94. The number of hydrogen-bond acceptors (Lipinski definition) is 4. The van der Waals surface area contributed by atoms with Crippen LogP contribution in [-0.2, 0) is 0 Å². The van der Waals surface area contributed by atoms with Gasteiger partial charge in [0.25, 0.3) is 0 Å². The van der Waals surface area contributed by atoms with E-state index in [1.807, 2.05) is 12.4 Å². The van der Waals surface area contributed by atoms with E-state index in [2.05, 4.69) is 158 Å². The summed E-state index contributed by atoms with van der Waals surface area (Å²) in [6, 6.07) is 56.3. The van der Waals surface area contributed by atoms with E-state index >= 15 is 0 Å². The van der Waals surface area contributed by atoms with Gasteiger partial charge in [-0.2, -0.15) is 0 Å². The maximum absolute atomic E-state index is 5.33. The molecule has 4 heteroatoms. The van der Waals surface area contributed by atoms with Gasteiger partial charge in [-0.15, -0.1) is 0 Å². The van der Waals surface area contributed by atoms with Gasteiger partial charge in [-0.05, 0) is 87.5 Å². The maximum atomic E-state index is 5.33. The molecule has 0 aliphatic carbocycles. The molecule has 0 fully saturated rings. The minimum Gasteiger partial charge on any atom is -0.236 e. The summed E-state index contributed by atoms with van der Waals surface area (Å²) >= 11 is 0. The van der Waals surface area contributed by atoms with E-state index in [0.29, 0.717) is 11.6 Å². The second kappa shape index (κ2) is 11.1. The molecule has 2 heterocycles. The summed E-state index contributed by atoms with van der Waals surface area (Å²) in [5, 5.41) is 18.9. The smallest absolute Gasteiger partial charge is 0.159 e. The Hall–Kier alpha value is -7.30. The van der Waals surface area contributed by atoms with Crippen molar-refractivity contribution in [3.63, 3.8) is 0 Å². The Balaban J connectivity index is 1.10. The number of fused-ring (bicyclic) bond motifs is 18. The SMILES string of the molecule is c1ccc2c(c1)c1ccccc1c1cc(-c3ncc4c5ccccc5c5cnc(-c6ccc7c8ccccc8c8ccccc8c7c6)nc5c4n3)ccc21. The predicted molar refractivity (Wildman–Crippen MR) is 226 cm³/mol. The van der Waals surface area contributed by atoms with Gasteiger partial charge in [0.05, 0.1) is 0 Å². The van der Waals surface area contributed by atoms with Gasteiger partial charge in [0.1, 0.15) is 11.0 Å². The Morgan fingerprint density at radius 1 is 0.241 bits per heavy atom. The summed E-state index contributed by atoms with van der Waals surface area (Å²) in [4.78, 5) is 20.7. The number of rotatable bonds is 2. The molecule has 0 radical (unpaired) electrons. The number of nitrogens with zero attached hydrogens (tertiary/aromatic N) is 4. The van der Waals surface area contributed by atoms with Crippen molar-refractivity contribution in [2.75, 3.05) is 0 Å². The first-order valence-corrected chi connectivity index (χ1v) is 18.3. The molecule has 0 aliphatic rings. The van der Waals surface area contributed by atoms with Crippen LogP contribution in [0, 0.1) is 0 Å². The molecule has 0 atom stereocenters. The van der Waals surface area contributed by atoms with Crippen LogP contribution in [0.25, 0.3) is 120 Å². The molecule has 12 aromatic rings. The Kier molecular flexibility index (Phi) is 6.02. The third-order valence-electron chi connectivity index (χ3n) is 11.3. The van der Waals surface area contributed by atoms with Crippen molar-refractivity contribution in [1.29, 1.82) is 0 Å². The van der Waals surface area contributed by atoms with Gasteiger partial charge in [-0.3, -0.25) is 0 Å². The van der Waals surface area contributed by atoms with Crippen molar-refractivity contribution >= 4 is 97.2 Å². The number of hydrogen-bond donors (Lipinski definition) is 0. The van der Waals surface area contributed by atoms with Crippen LogP contribution in [0.5, 0.6) is 0 Å². The molecule has 0 saturated carbocycles. The average Bonchev–Trinajstić information content (AvgIpc) is 3.26. The summed E-state index contributed by atoms with van der Waals surface area (Å²) in [5.74, 6) is 1.34. The van der Waals surface area contributed by atoms with Crippen LogP contribution in [0.1, 0.15) is 0 Å². The fourth-order valence-electron chi connectivity index (χ4n) is 8.84. The van der Waals surface area contributed by atoms with Crippen molar-refractivity contribution in [1.82, 2.24) is 19.9 Å². The van der Waals surface area contributed by atoms with E-state index < -0.39 is 0 Å². The Bertz CT molecular complexity index is 3260. The van der Waals surface area contributed by atoms with Crippen molar-refractivity contribution < 1.29 is 0 Å². The molecule has 2 aromatic heterocycles. The van der Waals surface area contributed by atoms with Crippen LogP contribution in [0.15, 0.2) is 170 Å². The predicted octanol–water partition coefficient (Wildman–Crippen LogP) is 13.0. The summed E-state index contributed by atoms with van der Waals surface area (Å²) in [7, 11) is 0. The zero-order valence-electron chi connectivity index (χ0n) is 29.0. The molecule has 0 saturated heterocycles. The molecule has 54 heavy (non-hydrogen) atoms. The Morgan fingerprint density at radius 2 is 0.500 bits per heavy atom. The quantitative estimate of drug-likeness (QED) is 0.170. The molecular formula is C50H28N4. The Labute approximate surface area is 309 Å². The first-order chi connectivity index (χ1) is 26.8. The molecule has 0 amide bonds. The molecule has 10 aromatic carbocycles. The average molecular weight is 685 g/mol. The Morgan fingerprint density at radius 3 is 0.815 bits per heavy atom. The van der Waals surface area contributed by atoms with E-state index in [4.69, 9.17) is 19.9 Å². The lowest BCUT2D eigenvalue weighted by atomic mass is 9.93. The van der Waals surface area contributed by atoms with Crippen LogP contribution in [0.2, 0.25) is 0 Å². The van der Waals surface area contributed by atoms with Gasteiger partial charge < -0.3 is 0 Å². The van der Waals surface area contributed by atoms with Gasteiger partial charge in [-0.25, -0.2) is 19.9 Å². The van der Waals surface area contributed by atoms with Gasteiger partial charge in [-0.1, -0.05) is 146 Å². The van der Waals surface area contributed by atoms with E-state index in [1.54, 1.807) is 0 Å². The molecule has 4 nitrogen and oxygen atoms in total. The van der Waals surface area contributed by atoms with Crippen molar-refractivity contribution in [2.45, 2.75) is 0 Å². The largest absolute Gasteiger partial charge is 0.236 e. The second-order valence-corrected chi connectivity index (χ2v) is 14.2. The fraction of sp³-hybridized carbons (Fsp3) is 0. The lowest BCUT2D eigenvalue weighted by Crippen LogP contribution is -1.97. The molecule has 0 aliphatic heterocycles.